The smallest absolute Gasteiger partial charge is 0.123 e. The summed E-state index contributed by atoms with van der Waals surface area (Å²) in [5.41, 5.74) is 1.07. The Kier molecular flexibility index (Phi) is 4.03. The van der Waals surface area contributed by atoms with Gasteiger partial charge >= 0.3 is 0 Å². The van der Waals surface area contributed by atoms with Crippen molar-refractivity contribution in [3.05, 3.63) is 24.3 Å². The Morgan fingerprint density at radius 3 is 2.88 bits per heavy atom. The van der Waals surface area contributed by atoms with Gasteiger partial charge in [-0.25, -0.2) is 4.39 Å². The first-order valence-corrected chi connectivity index (χ1v) is 5.94. The molecule has 0 bridgehead atoms. The van der Waals surface area contributed by atoms with Crippen LogP contribution in [-0.4, -0.2) is 19.3 Å². The van der Waals surface area contributed by atoms with Crippen LogP contribution in [0.3, 0.4) is 0 Å². The second-order valence-corrected chi connectivity index (χ2v) is 4.19. The van der Waals surface area contributed by atoms with Crippen LogP contribution in [0.5, 0.6) is 5.75 Å². The zero-order valence-electron chi connectivity index (χ0n) is 9.42. The van der Waals surface area contributed by atoms with E-state index in [4.69, 9.17) is 4.74 Å². The summed E-state index contributed by atoms with van der Waals surface area (Å²) in [6.07, 6.45) is 5.12. The second-order valence-electron chi connectivity index (χ2n) is 4.19. The minimum Gasteiger partial charge on any atom is -0.491 e. The zero-order valence-corrected chi connectivity index (χ0v) is 9.42. The van der Waals surface area contributed by atoms with Gasteiger partial charge in [0.1, 0.15) is 19.0 Å². The number of anilines is 1. The van der Waals surface area contributed by atoms with Crippen LogP contribution < -0.4 is 10.1 Å². The maximum absolute atomic E-state index is 12.0. The Morgan fingerprint density at radius 2 is 2.12 bits per heavy atom. The molecule has 1 aromatic rings. The van der Waals surface area contributed by atoms with Crippen molar-refractivity contribution in [3.63, 3.8) is 0 Å². The number of ether oxygens (including phenoxy) is 1. The molecular weight excluding hydrogens is 205 g/mol. The summed E-state index contributed by atoms with van der Waals surface area (Å²) in [6, 6.07) is 8.35. The SMILES string of the molecule is FCCOc1cccc(NC2CCCC2)c1. The summed E-state index contributed by atoms with van der Waals surface area (Å²) in [6.45, 7) is -0.312. The summed E-state index contributed by atoms with van der Waals surface area (Å²) in [5, 5.41) is 3.48. The van der Waals surface area contributed by atoms with Crippen molar-refractivity contribution in [2.45, 2.75) is 31.7 Å². The van der Waals surface area contributed by atoms with E-state index in [1.165, 1.54) is 25.7 Å². The van der Waals surface area contributed by atoms with Crippen LogP contribution in [0, 0.1) is 0 Å². The van der Waals surface area contributed by atoms with Gasteiger partial charge in [0.25, 0.3) is 0 Å². The Labute approximate surface area is 95.8 Å². The molecule has 1 aliphatic carbocycles. The average molecular weight is 223 g/mol. The van der Waals surface area contributed by atoms with Gasteiger partial charge in [0.15, 0.2) is 0 Å². The number of nitrogens with one attached hydrogen (secondary N) is 1. The van der Waals surface area contributed by atoms with E-state index in [-0.39, 0.29) is 6.61 Å². The molecule has 0 unspecified atom stereocenters. The first-order valence-electron chi connectivity index (χ1n) is 5.94. The highest BCUT2D eigenvalue weighted by Crippen LogP contribution is 2.24. The van der Waals surface area contributed by atoms with Gasteiger partial charge in [-0.1, -0.05) is 18.9 Å². The lowest BCUT2D eigenvalue weighted by Gasteiger charge is -2.14. The second kappa shape index (κ2) is 5.73. The Hall–Kier alpha value is -1.25. The van der Waals surface area contributed by atoms with E-state index in [1.807, 2.05) is 24.3 Å². The quantitative estimate of drug-likeness (QED) is 0.826. The van der Waals surface area contributed by atoms with Crippen LogP contribution in [-0.2, 0) is 0 Å². The van der Waals surface area contributed by atoms with Gasteiger partial charge in [0.2, 0.25) is 0 Å². The fourth-order valence-electron chi connectivity index (χ4n) is 2.14. The lowest BCUT2D eigenvalue weighted by molar-refractivity contribution is 0.273. The molecule has 1 aromatic carbocycles. The van der Waals surface area contributed by atoms with Crippen LogP contribution in [0.4, 0.5) is 10.1 Å². The van der Waals surface area contributed by atoms with Crippen LogP contribution in [0.15, 0.2) is 24.3 Å². The lowest BCUT2D eigenvalue weighted by Crippen LogP contribution is -2.14. The first-order chi connectivity index (χ1) is 7.88. The van der Waals surface area contributed by atoms with E-state index in [0.29, 0.717) is 6.04 Å². The Bertz CT molecular complexity index is 323. The fourth-order valence-corrected chi connectivity index (χ4v) is 2.14. The summed E-state index contributed by atoms with van der Waals surface area (Å²) < 4.78 is 17.2. The maximum Gasteiger partial charge on any atom is 0.123 e. The highest BCUT2D eigenvalue weighted by molar-refractivity contribution is 5.48. The van der Waals surface area contributed by atoms with Gasteiger partial charge in [0, 0.05) is 17.8 Å². The molecule has 0 spiro atoms. The van der Waals surface area contributed by atoms with E-state index in [9.17, 15) is 4.39 Å². The van der Waals surface area contributed by atoms with Crippen LogP contribution >= 0.6 is 0 Å². The number of halogens is 1. The normalized spacial score (nSPS) is 16.3. The molecule has 1 aliphatic rings. The van der Waals surface area contributed by atoms with Crippen LogP contribution in [0.2, 0.25) is 0 Å². The Balaban J connectivity index is 1.92. The van der Waals surface area contributed by atoms with E-state index in [0.717, 1.165) is 11.4 Å². The molecule has 1 fully saturated rings. The molecule has 0 amide bonds. The molecule has 3 heteroatoms. The van der Waals surface area contributed by atoms with E-state index >= 15 is 0 Å². The Morgan fingerprint density at radius 1 is 1.31 bits per heavy atom. The number of alkyl halides is 1. The lowest BCUT2D eigenvalue weighted by atomic mass is 10.2. The molecule has 2 nitrogen and oxygen atoms in total. The van der Waals surface area contributed by atoms with Crippen molar-refractivity contribution in [2.75, 3.05) is 18.6 Å². The van der Waals surface area contributed by atoms with Crippen molar-refractivity contribution in [3.8, 4) is 5.75 Å². The van der Waals surface area contributed by atoms with Gasteiger partial charge in [-0.15, -0.1) is 0 Å². The van der Waals surface area contributed by atoms with E-state index in [2.05, 4.69) is 5.32 Å². The highest BCUT2D eigenvalue weighted by Gasteiger charge is 2.14. The number of hydrogen-bond acceptors (Lipinski definition) is 2. The molecular formula is C13H18FNO. The predicted molar refractivity (Wildman–Crippen MR) is 63.8 cm³/mol. The monoisotopic (exact) mass is 223 g/mol. The molecule has 2 rings (SSSR count). The average Bonchev–Trinajstić information content (AvgIpc) is 2.80. The van der Waals surface area contributed by atoms with Crippen LogP contribution in [0.25, 0.3) is 0 Å². The van der Waals surface area contributed by atoms with Gasteiger partial charge < -0.3 is 10.1 Å². The third-order valence-electron chi connectivity index (χ3n) is 2.91. The highest BCUT2D eigenvalue weighted by atomic mass is 19.1. The zero-order chi connectivity index (χ0) is 11.2. The maximum atomic E-state index is 12.0. The van der Waals surface area contributed by atoms with Crippen molar-refractivity contribution in [1.29, 1.82) is 0 Å². The first kappa shape index (κ1) is 11.2. The van der Waals surface area contributed by atoms with Gasteiger partial charge in [-0.3, -0.25) is 0 Å². The molecule has 0 atom stereocenters. The van der Waals surface area contributed by atoms with Gasteiger partial charge in [-0.05, 0) is 25.0 Å². The molecule has 0 aliphatic heterocycles. The summed E-state index contributed by atoms with van der Waals surface area (Å²) in [4.78, 5) is 0. The molecule has 0 heterocycles. The molecule has 1 saturated carbocycles. The standard InChI is InChI=1S/C13H18FNO/c14-8-9-16-13-7-3-6-12(10-13)15-11-4-1-2-5-11/h3,6-7,10-11,15H,1-2,4-5,8-9H2. The van der Waals surface area contributed by atoms with Crippen molar-refractivity contribution in [2.24, 2.45) is 0 Å². The summed E-state index contributed by atoms with van der Waals surface area (Å²) in [7, 11) is 0. The number of rotatable bonds is 5. The predicted octanol–water partition coefficient (Wildman–Crippen LogP) is 3.39. The van der Waals surface area contributed by atoms with E-state index in [1.54, 1.807) is 0 Å². The van der Waals surface area contributed by atoms with Crippen molar-refractivity contribution >= 4 is 5.69 Å². The van der Waals surface area contributed by atoms with Crippen molar-refractivity contribution in [1.82, 2.24) is 0 Å². The van der Waals surface area contributed by atoms with Crippen molar-refractivity contribution < 1.29 is 9.13 Å². The van der Waals surface area contributed by atoms with Gasteiger partial charge in [0.05, 0.1) is 0 Å². The topological polar surface area (TPSA) is 21.3 Å². The van der Waals surface area contributed by atoms with E-state index < -0.39 is 6.67 Å². The van der Waals surface area contributed by atoms with Crippen LogP contribution in [0.1, 0.15) is 25.7 Å². The fraction of sp³-hybridized carbons (Fsp3) is 0.538. The number of hydrogen-bond donors (Lipinski definition) is 1. The minimum absolute atomic E-state index is 0.132. The summed E-state index contributed by atoms with van der Waals surface area (Å²) >= 11 is 0. The minimum atomic E-state index is -0.444. The molecule has 0 radical (unpaired) electrons. The largest absolute Gasteiger partial charge is 0.491 e. The molecule has 0 saturated heterocycles. The molecule has 88 valence electrons. The number of benzene rings is 1. The van der Waals surface area contributed by atoms with Gasteiger partial charge in [-0.2, -0.15) is 0 Å². The molecule has 0 aromatic heterocycles. The summed E-state index contributed by atoms with van der Waals surface area (Å²) in [5.74, 6) is 0.737. The molecule has 16 heavy (non-hydrogen) atoms. The third-order valence-corrected chi connectivity index (χ3v) is 2.91. The molecule has 1 N–H and O–H groups in total. The third kappa shape index (κ3) is 3.12.